The molecule has 0 amide bonds. The minimum absolute atomic E-state index is 0.129. The highest BCUT2D eigenvalue weighted by Gasteiger charge is 2.14. The van der Waals surface area contributed by atoms with Gasteiger partial charge in [0.1, 0.15) is 5.75 Å². The first-order chi connectivity index (χ1) is 12.3. The molecule has 128 valence electrons. The van der Waals surface area contributed by atoms with Crippen molar-refractivity contribution in [3.8, 4) is 5.75 Å². The Labute approximate surface area is 151 Å². The van der Waals surface area contributed by atoms with Crippen LogP contribution >= 0.6 is 7.92 Å². The number of hydrogen-bond acceptors (Lipinski definition) is 2. The van der Waals surface area contributed by atoms with E-state index >= 15 is 0 Å². The summed E-state index contributed by atoms with van der Waals surface area (Å²) in [7, 11) is -0.383. The lowest BCUT2D eigenvalue weighted by Crippen LogP contribution is -2.25. The molecule has 3 heteroatoms. The number of phenolic OH excluding ortho intramolecular Hbond substituents is 1. The van der Waals surface area contributed by atoms with Gasteiger partial charge in [0.05, 0.1) is 0 Å². The summed E-state index contributed by atoms with van der Waals surface area (Å²) in [4.78, 5) is 0. The average molecular weight is 349 g/mol. The van der Waals surface area contributed by atoms with Crippen LogP contribution in [0.5, 0.6) is 5.75 Å². The Morgan fingerprint density at radius 2 is 1.32 bits per heavy atom. The quantitative estimate of drug-likeness (QED) is 0.627. The molecule has 3 aromatic rings. The molecule has 25 heavy (non-hydrogen) atoms. The number of nitrogens with one attached hydrogen (secondary N) is 1. The monoisotopic (exact) mass is 349 g/mol. The highest BCUT2D eigenvalue weighted by atomic mass is 31.1. The van der Waals surface area contributed by atoms with E-state index in [4.69, 9.17) is 0 Å². The Hall–Kier alpha value is -2.15. The summed E-state index contributed by atoms with van der Waals surface area (Å²) in [6.07, 6.45) is 1.07. The molecule has 1 atom stereocenters. The van der Waals surface area contributed by atoms with Crippen molar-refractivity contribution in [1.82, 2.24) is 5.32 Å². The first-order valence-electron chi connectivity index (χ1n) is 8.64. The SMILES string of the molecule is CC(NCCP(c1ccccc1)c1ccccc1)c1ccccc1O. The molecule has 0 aliphatic rings. The highest BCUT2D eigenvalue weighted by molar-refractivity contribution is 7.73. The first-order valence-corrected chi connectivity index (χ1v) is 10.2. The van der Waals surface area contributed by atoms with Crippen molar-refractivity contribution in [2.75, 3.05) is 12.7 Å². The van der Waals surface area contributed by atoms with Gasteiger partial charge in [0.15, 0.2) is 0 Å². The number of para-hydroxylation sites is 1. The molecule has 2 nitrogen and oxygen atoms in total. The zero-order valence-corrected chi connectivity index (χ0v) is 15.4. The number of benzene rings is 3. The van der Waals surface area contributed by atoms with Gasteiger partial charge in [0.2, 0.25) is 0 Å². The Kier molecular flexibility index (Phi) is 6.22. The smallest absolute Gasteiger partial charge is 0.120 e. The van der Waals surface area contributed by atoms with E-state index in [9.17, 15) is 5.11 Å². The molecule has 3 aromatic carbocycles. The van der Waals surface area contributed by atoms with Gasteiger partial charge in [-0.25, -0.2) is 0 Å². The third-order valence-corrected chi connectivity index (χ3v) is 6.84. The van der Waals surface area contributed by atoms with Crippen molar-refractivity contribution in [3.05, 3.63) is 90.5 Å². The van der Waals surface area contributed by atoms with Crippen LogP contribution in [0.25, 0.3) is 0 Å². The molecule has 3 rings (SSSR count). The van der Waals surface area contributed by atoms with E-state index < -0.39 is 0 Å². The third-order valence-electron chi connectivity index (χ3n) is 4.32. The van der Waals surface area contributed by atoms with Gasteiger partial charge in [0, 0.05) is 18.2 Å². The number of rotatable bonds is 7. The maximum atomic E-state index is 10.0. The van der Waals surface area contributed by atoms with Crippen LogP contribution in [0.3, 0.4) is 0 Å². The third kappa shape index (κ3) is 4.69. The lowest BCUT2D eigenvalue weighted by molar-refractivity contribution is 0.455. The minimum Gasteiger partial charge on any atom is -0.508 e. The molecule has 0 aliphatic carbocycles. The maximum absolute atomic E-state index is 10.0. The van der Waals surface area contributed by atoms with Crippen LogP contribution in [0, 0.1) is 0 Å². The van der Waals surface area contributed by atoms with Gasteiger partial charge in [-0.1, -0.05) is 78.9 Å². The first kappa shape index (κ1) is 17.7. The summed E-state index contributed by atoms with van der Waals surface area (Å²) in [5.41, 5.74) is 0.950. The summed E-state index contributed by atoms with van der Waals surface area (Å²) in [5.74, 6) is 0.357. The highest BCUT2D eigenvalue weighted by Crippen LogP contribution is 2.33. The molecule has 2 N–H and O–H groups in total. The second kappa shape index (κ2) is 8.80. The van der Waals surface area contributed by atoms with E-state index in [1.165, 1.54) is 10.6 Å². The molecule has 0 fully saturated rings. The second-order valence-electron chi connectivity index (χ2n) is 6.06. The average Bonchev–Trinajstić information content (AvgIpc) is 2.67. The van der Waals surface area contributed by atoms with E-state index in [0.717, 1.165) is 18.3 Å². The fourth-order valence-electron chi connectivity index (χ4n) is 2.98. The summed E-state index contributed by atoms with van der Waals surface area (Å²) >= 11 is 0. The van der Waals surface area contributed by atoms with Gasteiger partial charge in [-0.15, -0.1) is 0 Å². The van der Waals surface area contributed by atoms with Gasteiger partial charge in [-0.3, -0.25) is 0 Å². The van der Waals surface area contributed by atoms with Crippen LogP contribution in [0.1, 0.15) is 18.5 Å². The molecular weight excluding hydrogens is 325 g/mol. The maximum Gasteiger partial charge on any atom is 0.120 e. The van der Waals surface area contributed by atoms with Crippen LogP contribution in [0.15, 0.2) is 84.9 Å². The van der Waals surface area contributed by atoms with Crippen molar-refractivity contribution in [1.29, 1.82) is 0 Å². The van der Waals surface area contributed by atoms with Crippen molar-refractivity contribution < 1.29 is 5.11 Å². The molecule has 0 aliphatic heterocycles. The predicted octanol–water partition coefficient (Wildman–Crippen LogP) is 4.18. The molecule has 0 heterocycles. The van der Waals surface area contributed by atoms with Gasteiger partial charge < -0.3 is 10.4 Å². The Morgan fingerprint density at radius 1 is 0.800 bits per heavy atom. The standard InChI is InChI=1S/C22H24NOP/c1-18(21-14-8-9-15-22(21)24)23-16-17-25(19-10-4-2-5-11-19)20-12-6-3-7-13-20/h2-15,18,23-24H,16-17H2,1H3. The lowest BCUT2D eigenvalue weighted by atomic mass is 10.1. The fourth-order valence-corrected chi connectivity index (χ4v) is 5.21. The summed E-state index contributed by atoms with van der Waals surface area (Å²) in [6.45, 7) is 3.01. The topological polar surface area (TPSA) is 32.3 Å². The zero-order chi connectivity index (χ0) is 17.5. The Balaban J connectivity index is 1.68. The Morgan fingerprint density at radius 3 is 1.88 bits per heavy atom. The molecule has 1 unspecified atom stereocenters. The number of hydrogen-bond donors (Lipinski definition) is 2. The van der Waals surface area contributed by atoms with E-state index in [0.29, 0.717) is 5.75 Å². The lowest BCUT2D eigenvalue weighted by Gasteiger charge is -2.21. The molecule has 0 aromatic heterocycles. The van der Waals surface area contributed by atoms with Crippen LogP contribution in [0.2, 0.25) is 0 Å². The largest absolute Gasteiger partial charge is 0.508 e. The van der Waals surface area contributed by atoms with Crippen LogP contribution in [-0.2, 0) is 0 Å². The molecule has 0 radical (unpaired) electrons. The van der Waals surface area contributed by atoms with Crippen molar-refractivity contribution in [2.24, 2.45) is 0 Å². The van der Waals surface area contributed by atoms with Gasteiger partial charge in [-0.2, -0.15) is 0 Å². The molecular formula is C22H24NOP. The van der Waals surface area contributed by atoms with E-state index in [1.54, 1.807) is 6.07 Å². The van der Waals surface area contributed by atoms with Crippen LogP contribution < -0.4 is 15.9 Å². The molecule has 0 spiro atoms. The van der Waals surface area contributed by atoms with Crippen molar-refractivity contribution >= 4 is 18.5 Å². The normalized spacial score (nSPS) is 12.2. The molecule has 0 saturated heterocycles. The molecule has 0 saturated carbocycles. The van der Waals surface area contributed by atoms with Gasteiger partial charge in [0.25, 0.3) is 0 Å². The van der Waals surface area contributed by atoms with E-state index in [1.807, 2.05) is 18.2 Å². The number of phenols is 1. The Bertz CT molecular complexity index is 737. The number of aromatic hydroxyl groups is 1. The van der Waals surface area contributed by atoms with Gasteiger partial charge >= 0.3 is 0 Å². The van der Waals surface area contributed by atoms with Gasteiger partial charge in [-0.05, 0) is 37.7 Å². The predicted molar refractivity (Wildman–Crippen MR) is 108 cm³/mol. The molecule has 0 bridgehead atoms. The summed E-state index contributed by atoms with van der Waals surface area (Å²) in [5, 5.41) is 16.4. The minimum atomic E-state index is -0.383. The van der Waals surface area contributed by atoms with E-state index in [2.05, 4.69) is 72.9 Å². The summed E-state index contributed by atoms with van der Waals surface area (Å²) in [6, 6.07) is 29.2. The zero-order valence-electron chi connectivity index (χ0n) is 14.5. The van der Waals surface area contributed by atoms with Crippen molar-refractivity contribution in [2.45, 2.75) is 13.0 Å². The fraction of sp³-hybridized carbons (Fsp3) is 0.182. The van der Waals surface area contributed by atoms with Crippen LogP contribution in [-0.4, -0.2) is 17.8 Å². The van der Waals surface area contributed by atoms with Crippen molar-refractivity contribution in [3.63, 3.8) is 0 Å². The van der Waals surface area contributed by atoms with E-state index in [-0.39, 0.29) is 14.0 Å². The summed E-state index contributed by atoms with van der Waals surface area (Å²) < 4.78 is 0. The van der Waals surface area contributed by atoms with Crippen LogP contribution in [0.4, 0.5) is 0 Å². The second-order valence-corrected chi connectivity index (χ2v) is 8.39.